The fraction of sp³-hybridized carbons (Fsp3) is 0.875. The Morgan fingerprint density at radius 2 is 2.07 bits per heavy atom. The van der Waals surface area contributed by atoms with Gasteiger partial charge in [-0.3, -0.25) is 0 Å². The summed E-state index contributed by atoms with van der Waals surface area (Å²) in [7, 11) is 0. The van der Waals surface area contributed by atoms with E-state index in [2.05, 4.69) is 5.32 Å². The van der Waals surface area contributed by atoms with E-state index in [1.54, 1.807) is 18.7 Å². The molecule has 0 radical (unpaired) electrons. The van der Waals surface area contributed by atoms with E-state index in [0.29, 0.717) is 0 Å². The lowest BCUT2D eigenvalue weighted by atomic mass is 10.1. The average molecular weight is 226 g/mol. The summed E-state index contributed by atoms with van der Waals surface area (Å²) in [5, 5.41) is 11.0. The van der Waals surface area contributed by atoms with Crippen LogP contribution < -0.4 is 5.32 Å². The second-order valence-corrected chi connectivity index (χ2v) is 3.90. The van der Waals surface area contributed by atoms with Crippen LogP contribution in [-0.4, -0.2) is 30.8 Å². The predicted molar refractivity (Wildman–Crippen MR) is 51.0 cm³/mol. The van der Waals surface area contributed by atoms with Gasteiger partial charge in [-0.05, 0) is 13.2 Å². The van der Waals surface area contributed by atoms with E-state index in [-0.39, 0.29) is 12.6 Å². The third kappa shape index (κ3) is 5.35. The lowest BCUT2D eigenvalue weighted by molar-refractivity contribution is -0.157. The Balaban J connectivity index is 3.92. The number of nitrogens with one attached hydrogen (secondary N) is 1. The molecule has 0 aliphatic heterocycles. The maximum atomic E-state index is 12.1. The Hall–Kier alpha value is -0.410. The largest absolute Gasteiger partial charge is 0.405 e. The molecule has 14 heavy (non-hydrogen) atoms. The third-order valence-electron chi connectivity index (χ3n) is 1.64. The number of hydrogen-bond acceptors (Lipinski definition) is 3. The number of alkyl halides is 3. The Morgan fingerprint density at radius 1 is 1.50 bits per heavy atom. The van der Waals surface area contributed by atoms with Crippen molar-refractivity contribution in [3.63, 3.8) is 0 Å². The quantitative estimate of drug-likeness (QED) is 0.779. The average Bonchev–Trinajstić information content (AvgIpc) is 2.03. The molecule has 0 saturated carbocycles. The van der Waals surface area contributed by atoms with E-state index in [1.165, 1.54) is 6.07 Å². The van der Waals surface area contributed by atoms with E-state index in [0.717, 1.165) is 5.75 Å². The summed E-state index contributed by atoms with van der Waals surface area (Å²) in [6.07, 6.45) is -2.55. The van der Waals surface area contributed by atoms with Crippen LogP contribution in [0.1, 0.15) is 6.92 Å². The van der Waals surface area contributed by atoms with Gasteiger partial charge >= 0.3 is 6.18 Å². The Kier molecular flexibility index (Phi) is 5.96. The van der Waals surface area contributed by atoms with Crippen LogP contribution >= 0.6 is 11.8 Å². The molecule has 82 valence electrons. The smallest absolute Gasteiger partial charge is 0.312 e. The molecule has 0 aromatic rings. The number of rotatable bonds is 5. The molecule has 2 unspecified atom stereocenters. The van der Waals surface area contributed by atoms with Crippen LogP contribution in [0, 0.1) is 17.2 Å². The molecule has 6 heteroatoms. The highest BCUT2D eigenvalue weighted by atomic mass is 32.2. The highest BCUT2D eigenvalue weighted by molar-refractivity contribution is 7.98. The van der Waals surface area contributed by atoms with Gasteiger partial charge in [0.25, 0.3) is 0 Å². The van der Waals surface area contributed by atoms with Crippen molar-refractivity contribution in [3.05, 3.63) is 0 Å². The van der Waals surface area contributed by atoms with E-state index in [4.69, 9.17) is 5.26 Å². The van der Waals surface area contributed by atoms with Crippen molar-refractivity contribution in [3.8, 4) is 6.07 Å². The van der Waals surface area contributed by atoms with E-state index in [1.807, 2.05) is 6.26 Å². The van der Waals surface area contributed by atoms with Crippen molar-refractivity contribution in [2.75, 3.05) is 18.6 Å². The maximum Gasteiger partial charge on any atom is 0.405 e. The fourth-order valence-electron chi connectivity index (χ4n) is 0.863. The highest BCUT2D eigenvalue weighted by Gasteiger charge is 2.39. The molecule has 0 aromatic heterocycles. The summed E-state index contributed by atoms with van der Waals surface area (Å²) in [5.74, 6) is -1.18. The molecule has 0 rings (SSSR count). The zero-order valence-electron chi connectivity index (χ0n) is 8.06. The van der Waals surface area contributed by atoms with Crippen LogP contribution in [0.2, 0.25) is 0 Å². The van der Waals surface area contributed by atoms with Gasteiger partial charge in [0.05, 0.1) is 6.07 Å². The summed E-state index contributed by atoms with van der Waals surface area (Å²) in [4.78, 5) is 0. The summed E-state index contributed by atoms with van der Waals surface area (Å²) in [5.41, 5.74) is 0. The van der Waals surface area contributed by atoms with Crippen molar-refractivity contribution in [1.29, 1.82) is 5.26 Å². The molecule has 2 atom stereocenters. The standard InChI is InChI=1S/C8H13F3N2S/c1-6(5-14-2)13-4-7(3-12)8(9,10)11/h6-7,13H,4-5H2,1-2H3. The first-order valence-electron chi connectivity index (χ1n) is 4.10. The van der Waals surface area contributed by atoms with Gasteiger partial charge in [-0.1, -0.05) is 0 Å². The molecule has 0 heterocycles. The van der Waals surface area contributed by atoms with Gasteiger partial charge < -0.3 is 5.32 Å². The van der Waals surface area contributed by atoms with Gasteiger partial charge in [0.1, 0.15) is 0 Å². The zero-order valence-corrected chi connectivity index (χ0v) is 8.87. The summed E-state index contributed by atoms with van der Waals surface area (Å²) < 4.78 is 36.3. The molecule has 0 spiro atoms. The van der Waals surface area contributed by atoms with Gasteiger partial charge in [0.2, 0.25) is 0 Å². The number of hydrogen-bond donors (Lipinski definition) is 1. The molecule has 0 amide bonds. The molecule has 0 bridgehead atoms. The van der Waals surface area contributed by atoms with Crippen molar-refractivity contribution >= 4 is 11.8 Å². The van der Waals surface area contributed by atoms with Crippen molar-refractivity contribution in [2.24, 2.45) is 5.92 Å². The number of nitrogens with zero attached hydrogens (tertiary/aromatic N) is 1. The molecular formula is C8H13F3N2S. The minimum Gasteiger partial charge on any atom is -0.312 e. The van der Waals surface area contributed by atoms with Crippen LogP contribution in [0.5, 0.6) is 0 Å². The Morgan fingerprint density at radius 3 is 2.43 bits per heavy atom. The molecule has 1 N–H and O–H groups in total. The number of thioether (sulfide) groups is 1. The first-order valence-corrected chi connectivity index (χ1v) is 5.49. The second-order valence-electron chi connectivity index (χ2n) is 2.99. The van der Waals surface area contributed by atoms with Crippen molar-refractivity contribution in [1.82, 2.24) is 5.32 Å². The van der Waals surface area contributed by atoms with Gasteiger partial charge in [-0.25, -0.2) is 0 Å². The minimum atomic E-state index is -4.43. The van der Waals surface area contributed by atoms with Gasteiger partial charge in [0, 0.05) is 18.3 Å². The van der Waals surface area contributed by atoms with Gasteiger partial charge in [-0.15, -0.1) is 0 Å². The van der Waals surface area contributed by atoms with Crippen molar-refractivity contribution in [2.45, 2.75) is 19.1 Å². The van der Waals surface area contributed by atoms with Gasteiger partial charge in [-0.2, -0.15) is 30.2 Å². The molecule has 0 saturated heterocycles. The summed E-state index contributed by atoms with van der Waals surface area (Å²) in [6.45, 7) is 1.46. The van der Waals surface area contributed by atoms with E-state index < -0.39 is 12.1 Å². The lowest BCUT2D eigenvalue weighted by Gasteiger charge is -2.17. The number of halogens is 3. The summed E-state index contributed by atoms with van der Waals surface area (Å²) >= 11 is 1.55. The summed E-state index contributed by atoms with van der Waals surface area (Å²) in [6, 6.07) is 1.23. The SMILES string of the molecule is CSCC(C)NCC(C#N)C(F)(F)F. The Labute approximate surface area is 85.9 Å². The molecular weight excluding hydrogens is 213 g/mol. The van der Waals surface area contributed by atoms with Crippen LogP contribution in [0.3, 0.4) is 0 Å². The number of nitriles is 1. The molecule has 2 nitrogen and oxygen atoms in total. The zero-order chi connectivity index (χ0) is 11.2. The first kappa shape index (κ1) is 13.6. The Bertz CT molecular complexity index is 200. The fourth-order valence-corrected chi connectivity index (χ4v) is 1.48. The van der Waals surface area contributed by atoms with E-state index >= 15 is 0 Å². The van der Waals surface area contributed by atoms with Crippen LogP contribution in [-0.2, 0) is 0 Å². The second kappa shape index (κ2) is 6.14. The molecule has 0 fully saturated rings. The predicted octanol–water partition coefficient (Wildman–Crippen LogP) is 2.03. The highest BCUT2D eigenvalue weighted by Crippen LogP contribution is 2.24. The van der Waals surface area contributed by atoms with Crippen LogP contribution in [0.4, 0.5) is 13.2 Å². The molecule has 0 aliphatic rings. The third-order valence-corrected chi connectivity index (χ3v) is 2.47. The molecule has 0 aliphatic carbocycles. The lowest BCUT2D eigenvalue weighted by Crippen LogP contribution is -2.37. The minimum absolute atomic E-state index is 0.0109. The normalized spacial score (nSPS) is 16.0. The van der Waals surface area contributed by atoms with E-state index in [9.17, 15) is 13.2 Å². The monoisotopic (exact) mass is 226 g/mol. The van der Waals surface area contributed by atoms with Gasteiger partial charge in [0.15, 0.2) is 5.92 Å². The van der Waals surface area contributed by atoms with Crippen LogP contribution in [0.15, 0.2) is 0 Å². The first-order chi connectivity index (χ1) is 6.41. The molecule has 0 aromatic carbocycles. The van der Waals surface area contributed by atoms with Crippen molar-refractivity contribution < 1.29 is 13.2 Å². The topological polar surface area (TPSA) is 35.8 Å². The maximum absolute atomic E-state index is 12.1. The van der Waals surface area contributed by atoms with Crippen LogP contribution in [0.25, 0.3) is 0 Å².